The van der Waals surface area contributed by atoms with Crippen LogP contribution in [-0.2, 0) is 11.2 Å². The van der Waals surface area contributed by atoms with Gasteiger partial charge in [0.25, 0.3) is 5.91 Å². The van der Waals surface area contributed by atoms with Gasteiger partial charge in [0.15, 0.2) is 0 Å². The van der Waals surface area contributed by atoms with Crippen molar-refractivity contribution in [3.05, 3.63) is 71.2 Å². The topological polar surface area (TPSA) is 80.3 Å². The minimum absolute atomic E-state index is 0.123. The number of nitrogens with zero attached hydrogens (tertiary/aromatic N) is 1. The molecule has 0 aliphatic rings. The van der Waals surface area contributed by atoms with Crippen LogP contribution in [0.25, 0.3) is 10.6 Å². The highest BCUT2D eigenvalue weighted by molar-refractivity contribution is 7.13. The summed E-state index contributed by atoms with van der Waals surface area (Å²) in [5.41, 5.74) is 2.32. The molecule has 0 bridgehead atoms. The molecule has 29 heavy (non-hydrogen) atoms. The molecule has 7 heteroatoms. The van der Waals surface area contributed by atoms with E-state index in [-0.39, 0.29) is 18.2 Å². The third-order valence-corrected chi connectivity index (χ3v) is 5.01. The van der Waals surface area contributed by atoms with E-state index in [0.29, 0.717) is 25.3 Å². The first-order valence-electron chi connectivity index (χ1n) is 9.43. The molecule has 0 spiro atoms. The van der Waals surface area contributed by atoms with Gasteiger partial charge < -0.3 is 15.4 Å². The van der Waals surface area contributed by atoms with Crippen molar-refractivity contribution in [2.45, 2.75) is 13.3 Å². The summed E-state index contributed by atoms with van der Waals surface area (Å²) >= 11 is 1.50. The van der Waals surface area contributed by atoms with Crippen LogP contribution in [0.15, 0.2) is 60.0 Å². The van der Waals surface area contributed by atoms with E-state index in [1.165, 1.54) is 11.3 Å². The summed E-state index contributed by atoms with van der Waals surface area (Å²) in [5, 5.41) is 8.34. The number of nitrogens with one attached hydrogen (secondary N) is 2. The molecule has 0 aliphatic heterocycles. The Balaban J connectivity index is 1.42. The van der Waals surface area contributed by atoms with Gasteiger partial charge in [-0.2, -0.15) is 0 Å². The zero-order chi connectivity index (χ0) is 20.5. The van der Waals surface area contributed by atoms with Gasteiger partial charge in [0.05, 0.1) is 18.7 Å². The van der Waals surface area contributed by atoms with Gasteiger partial charge in [-0.15, -0.1) is 11.3 Å². The average molecular weight is 410 g/mol. The van der Waals surface area contributed by atoms with Gasteiger partial charge in [0.1, 0.15) is 10.8 Å². The van der Waals surface area contributed by atoms with E-state index in [1.54, 1.807) is 12.1 Å². The minimum atomic E-state index is -0.153. The molecule has 0 atom stereocenters. The molecular weight excluding hydrogens is 386 g/mol. The highest BCUT2D eigenvalue weighted by Crippen LogP contribution is 2.25. The lowest BCUT2D eigenvalue weighted by Gasteiger charge is -2.06. The van der Waals surface area contributed by atoms with Gasteiger partial charge in [-0.1, -0.05) is 18.2 Å². The molecule has 2 N–H and O–H groups in total. The van der Waals surface area contributed by atoms with E-state index in [0.717, 1.165) is 22.0 Å². The molecule has 1 heterocycles. The van der Waals surface area contributed by atoms with Gasteiger partial charge >= 0.3 is 0 Å². The number of carbonyl (C=O) groups is 2. The van der Waals surface area contributed by atoms with Crippen molar-refractivity contribution in [2.75, 3.05) is 19.7 Å². The zero-order valence-electron chi connectivity index (χ0n) is 16.2. The third kappa shape index (κ3) is 6.15. The number of thiazole rings is 1. The Morgan fingerprint density at radius 2 is 1.72 bits per heavy atom. The molecule has 150 valence electrons. The molecule has 0 saturated heterocycles. The van der Waals surface area contributed by atoms with Crippen molar-refractivity contribution < 1.29 is 14.3 Å². The normalized spacial score (nSPS) is 10.4. The number of hydrogen-bond acceptors (Lipinski definition) is 5. The van der Waals surface area contributed by atoms with E-state index in [4.69, 9.17) is 4.74 Å². The van der Waals surface area contributed by atoms with E-state index in [2.05, 4.69) is 15.6 Å². The number of amides is 2. The number of hydrogen-bond donors (Lipinski definition) is 2. The SMILES string of the molecule is CCOc1ccc(-c2nc(CC(=O)NCCNC(=O)c3ccccc3)cs2)cc1. The van der Waals surface area contributed by atoms with Crippen molar-refractivity contribution in [2.24, 2.45) is 0 Å². The summed E-state index contributed by atoms with van der Waals surface area (Å²) in [6.45, 7) is 3.32. The second-order valence-corrected chi connectivity index (χ2v) is 7.11. The number of aromatic nitrogens is 1. The van der Waals surface area contributed by atoms with Crippen LogP contribution < -0.4 is 15.4 Å². The summed E-state index contributed by atoms with van der Waals surface area (Å²) < 4.78 is 5.45. The van der Waals surface area contributed by atoms with Crippen LogP contribution in [0.3, 0.4) is 0 Å². The molecule has 6 nitrogen and oxygen atoms in total. The Hall–Kier alpha value is -3.19. The van der Waals surface area contributed by atoms with Crippen molar-refractivity contribution in [3.63, 3.8) is 0 Å². The first-order chi connectivity index (χ1) is 14.2. The fourth-order valence-corrected chi connectivity index (χ4v) is 3.50. The minimum Gasteiger partial charge on any atom is -0.494 e. The van der Waals surface area contributed by atoms with Crippen molar-refractivity contribution in [1.29, 1.82) is 0 Å². The van der Waals surface area contributed by atoms with E-state index in [9.17, 15) is 9.59 Å². The second kappa shape index (κ2) is 10.4. The third-order valence-electron chi connectivity index (χ3n) is 4.07. The summed E-state index contributed by atoms with van der Waals surface area (Å²) in [6, 6.07) is 16.7. The van der Waals surface area contributed by atoms with Gasteiger partial charge in [0.2, 0.25) is 5.91 Å². The number of benzene rings is 2. The van der Waals surface area contributed by atoms with Gasteiger partial charge in [0, 0.05) is 29.6 Å². The van der Waals surface area contributed by atoms with Crippen molar-refractivity contribution in [3.8, 4) is 16.3 Å². The summed E-state index contributed by atoms with van der Waals surface area (Å²) in [6.07, 6.45) is 0.208. The Labute approximate surface area is 173 Å². The molecule has 2 amide bonds. The molecule has 0 fully saturated rings. The first-order valence-corrected chi connectivity index (χ1v) is 10.3. The molecule has 2 aromatic carbocycles. The number of ether oxygens (including phenoxy) is 1. The predicted molar refractivity (Wildman–Crippen MR) is 114 cm³/mol. The Bertz CT molecular complexity index is 939. The largest absolute Gasteiger partial charge is 0.494 e. The van der Waals surface area contributed by atoms with Gasteiger partial charge in [-0.3, -0.25) is 9.59 Å². The lowest BCUT2D eigenvalue weighted by atomic mass is 10.2. The van der Waals surface area contributed by atoms with Gasteiger partial charge in [-0.25, -0.2) is 4.98 Å². The molecule has 0 unspecified atom stereocenters. The van der Waals surface area contributed by atoms with Crippen LogP contribution in [0.2, 0.25) is 0 Å². The van der Waals surface area contributed by atoms with Gasteiger partial charge in [-0.05, 0) is 43.3 Å². The Kier molecular flexibility index (Phi) is 7.35. The summed E-state index contributed by atoms with van der Waals surface area (Å²) in [4.78, 5) is 28.6. The predicted octanol–water partition coefficient (Wildman–Crippen LogP) is 3.30. The molecule has 0 aliphatic carbocycles. The van der Waals surface area contributed by atoms with Crippen LogP contribution in [0, 0.1) is 0 Å². The first kappa shape index (κ1) is 20.5. The van der Waals surface area contributed by atoms with E-state index in [1.807, 2.05) is 54.8 Å². The van der Waals surface area contributed by atoms with Crippen LogP contribution in [0.1, 0.15) is 23.0 Å². The highest BCUT2D eigenvalue weighted by atomic mass is 32.1. The smallest absolute Gasteiger partial charge is 0.251 e. The van der Waals surface area contributed by atoms with Crippen molar-refractivity contribution in [1.82, 2.24) is 15.6 Å². The van der Waals surface area contributed by atoms with Crippen molar-refractivity contribution >= 4 is 23.2 Å². The highest BCUT2D eigenvalue weighted by Gasteiger charge is 2.10. The van der Waals surface area contributed by atoms with Crippen LogP contribution >= 0.6 is 11.3 Å². The molecule has 0 radical (unpaired) electrons. The zero-order valence-corrected chi connectivity index (χ0v) is 17.0. The lowest BCUT2D eigenvalue weighted by Crippen LogP contribution is -2.35. The second-order valence-electron chi connectivity index (χ2n) is 6.25. The quantitative estimate of drug-likeness (QED) is 0.532. The average Bonchev–Trinajstić information content (AvgIpc) is 3.21. The van der Waals surface area contributed by atoms with Crippen LogP contribution in [0.4, 0.5) is 0 Å². The maximum Gasteiger partial charge on any atom is 0.251 e. The van der Waals surface area contributed by atoms with E-state index >= 15 is 0 Å². The molecule has 1 aromatic heterocycles. The molecule has 3 rings (SSSR count). The standard InChI is InChI=1S/C22H23N3O3S/c1-2-28-19-10-8-17(9-11-19)22-25-18(15-29-22)14-20(26)23-12-13-24-21(27)16-6-4-3-5-7-16/h3-11,15H,2,12-14H2,1H3,(H,23,26)(H,24,27). The monoisotopic (exact) mass is 409 g/mol. The Morgan fingerprint density at radius 1 is 1.00 bits per heavy atom. The summed E-state index contributed by atoms with van der Waals surface area (Å²) in [7, 11) is 0. The van der Waals surface area contributed by atoms with Crippen LogP contribution in [0.5, 0.6) is 5.75 Å². The maximum absolute atomic E-state index is 12.1. The fourth-order valence-electron chi connectivity index (χ4n) is 2.68. The molecular formula is C22H23N3O3S. The van der Waals surface area contributed by atoms with Crippen LogP contribution in [-0.4, -0.2) is 36.5 Å². The lowest BCUT2D eigenvalue weighted by molar-refractivity contribution is -0.120. The number of rotatable bonds is 9. The fraction of sp³-hybridized carbons (Fsp3) is 0.227. The summed E-state index contributed by atoms with van der Waals surface area (Å²) in [5.74, 6) is 0.550. The van der Waals surface area contributed by atoms with E-state index < -0.39 is 0 Å². The maximum atomic E-state index is 12.1. The molecule has 3 aromatic rings. The Morgan fingerprint density at radius 3 is 2.45 bits per heavy atom. The number of carbonyl (C=O) groups excluding carboxylic acids is 2. The molecule has 0 saturated carbocycles.